The fraction of sp³-hybridized carbons (Fsp3) is 0.167. The Bertz CT molecular complexity index is 625. The van der Waals surface area contributed by atoms with Crippen LogP contribution in [0.5, 0.6) is 0 Å². The molecule has 0 aromatic heterocycles. The van der Waals surface area contributed by atoms with Crippen molar-refractivity contribution in [3.8, 4) is 0 Å². The molecule has 1 aliphatic rings. The second-order valence-corrected chi connectivity index (χ2v) is 4.05. The van der Waals surface area contributed by atoms with Crippen LogP contribution in [0.25, 0.3) is 0 Å². The smallest absolute Gasteiger partial charge is 0.272 e. The van der Waals surface area contributed by atoms with E-state index in [9.17, 15) is 22.8 Å². The number of carbonyl (C=O) groups is 2. The van der Waals surface area contributed by atoms with E-state index >= 15 is 0 Å². The molecular weight excluding hydrogens is 289 g/mol. The quantitative estimate of drug-likeness (QED) is 0.493. The molecule has 0 saturated carbocycles. The van der Waals surface area contributed by atoms with Crippen molar-refractivity contribution < 1.29 is 22.8 Å². The molecule has 9 heteroatoms. The molecule has 21 heavy (non-hydrogen) atoms. The van der Waals surface area contributed by atoms with Gasteiger partial charge < -0.3 is 0 Å². The van der Waals surface area contributed by atoms with Gasteiger partial charge in [0.1, 0.15) is 0 Å². The van der Waals surface area contributed by atoms with Crippen LogP contribution in [0.15, 0.2) is 34.5 Å². The van der Waals surface area contributed by atoms with Crippen LogP contribution in [0.4, 0.5) is 13.2 Å². The van der Waals surface area contributed by atoms with Gasteiger partial charge in [0.05, 0.1) is 11.8 Å². The predicted octanol–water partition coefficient (Wildman–Crippen LogP) is 0.887. The number of amides is 2. The first-order valence-corrected chi connectivity index (χ1v) is 5.72. The van der Waals surface area contributed by atoms with E-state index in [0.29, 0.717) is 0 Å². The summed E-state index contributed by atoms with van der Waals surface area (Å²) in [6.07, 6.45) is -2.58. The van der Waals surface area contributed by atoms with Gasteiger partial charge in [0.15, 0.2) is 5.92 Å². The van der Waals surface area contributed by atoms with Crippen LogP contribution < -0.4 is 10.9 Å². The Morgan fingerprint density at radius 3 is 2.71 bits per heavy atom. The van der Waals surface area contributed by atoms with Gasteiger partial charge >= 0.3 is 6.18 Å². The Labute approximate surface area is 116 Å². The number of hydrogen-bond acceptors (Lipinski definition) is 4. The minimum absolute atomic E-state index is 0.199. The molecule has 0 unspecified atom stereocenters. The van der Waals surface area contributed by atoms with Gasteiger partial charge in [-0.25, -0.2) is 10.9 Å². The van der Waals surface area contributed by atoms with Gasteiger partial charge in [-0.05, 0) is 6.07 Å². The van der Waals surface area contributed by atoms with Gasteiger partial charge in [-0.2, -0.15) is 23.4 Å². The molecule has 1 heterocycles. The third-order valence-electron chi connectivity index (χ3n) is 2.61. The minimum atomic E-state index is -4.52. The first kappa shape index (κ1) is 14.7. The molecular formula is C12H9F3N4O2. The van der Waals surface area contributed by atoms with Gasteiger partial charge in [-0.15, -0.1) is 0 Å². The van der Waals surface area contributed by atoms with Crippen LogP contribution >= 0.6 is 0 Å². The highest BCUT2D eigenvalue weighted by molar-refractivity contribution is 6.15. The Hall–Kier alpha value is -2.71. The summed E-state index contributed by atoms with van der Waals surface area (Å²) >= 11 is 0. The highest BCUT2D eigenvalue weighted by Crippen LogP contribution is 2.30. The number of rotatable bonds is 3. The molecule has 0 saturated heterocycles. The van der Waals surface area contributed by atoms with E-state index in [0.717, 1.165) is 18.5 Å². The van der Waals surface area contributed by atoms with Crippen molar-refractivity contribution in [1.82, 2.24) is 10.9 Å². The molecule has 2 amide bonds. The lowest BCUT2D eigenvalue weighted by Gasteiger charge is -2.09. The van der Waals surface area contributed by atoms with Gasteiger partial charge in [-0.3, -0.25) is 9.59 Å². The van der Waals surface area contributed by atoms with Crippen molar-refractivity contribution in [3.63, 3.8) is 0 Å². The number of hydrogen-bond donors (Lipinski definition) is 2. The highest BCUT2D eigenvalue weighted by Gasteiger charge is 2.32. The molecule has 0 radical (unpaired) electrons. The van der Waals surface area contributed by atoms with Crippen LogP contribution in [0.2, 0.25) is 0 Å². The number of nitrogens with one attached hydrogen (secondary N) is 2. The molecule has 2 N–H and O–H groups in total. The monoisotopic (exact) mass is 298 g/mol. The van der Waals surface area contributed by atoms with Crippen molar-refractivity contribution in [2.45, 2.75) is 6.18 Å². The molecule has 0 bridgehead atoms. The highest BCUT2D eigenvalue weighted by atomic mass is 19.4. The van der Waals surface area contributed by atoms with E-state index in [2.05, 4.69) is 15.6 Å². The summed E-state index contributed by atoms with van der Waals surface area (Å²) in [5.74, 6) is -2.55. The zero-order valence-corrected chi connectivity index (χ0v) is 10.4. The van der Waals surface area contributed by atoms with E-state index in [1.165, 1.54) is 18.2 Å². The number of alkyl halides is 3. The van der Waals surface area contributed by atoms with E-state index < -0.39 is 29.5 Å². The summed E-state index contributed by atoms with van der Waals surface area (Å²) in [6.45, 7) is 0. The van der Waals surface area contributed by atoms with Crippen LogP contribution in [0.3, 0.4) is 0 Å². The van der Waals surface area contributed by atoms with E-state index in [1.54, 1.807) is 0 Å². The number of nitrogens with zero attached hydrogens (tertiary/aromatic N) is 2. The topological polar surface area (TPSA) is 82.9 Å². The average molecular weight is 298 g/mol. The van der Waals surface area contributed by atoms with Crippen molar-refractivity contribution in [3.05, 3.63) is 35.4 Å². The van der Waals surface area contributed by atoms with Crippen molar-refractivity contribution in [2.75, 3.05) is 0 Å². The zero-order chi connectivity index (χ0) is 15.5. The Kier molecular flexibility index (Phi) is 4.01. The summed E-state index contributed by atoms with van der Waals surface area (Å²) in [7, 11) is 0. The molecule has 2 rings (SSSR count). The van der Waals surface area contributed by atoms with Crippen LogP contribution in [-0.2, 0) is 15.8 Å². The summed E-state index contributed by atoms with van der Waals surface area (Å²) in [5.41, 5.74) is 2.98. The third kappa shape index (κ3) is 3.44. The Balaban J connectivity index is 2.07. The maximum Gasteiger partial charge on any atom is 0.417 e. The van der Waals surface area contributed by atoms with Gasteiger partial charge in [0, 0.05) is 11.8 Å². The zero-order valence-electron chi connectivity index (χ0n) is 10.4. The van der Waals surface area contributed by atoms with Gasteiger partial charge in [-0.1, -0.05) is 18.2 Å². The van der Waals surface area contributed by atoms with E-state index in [1.807, 2.05) is 5.43 Å². The summed E-state index contributed by atoms with van der Waals surface area (Å²) in [6, 6.07) is 4.77. The normalized spacial score (nSPS) is 18.0. The average Bonchev–Trinajstić information content (AvgIpc) is 2.84. The molecule has 110 valence electrons. The predicted molar refractivity (Wildman–Crippen MR) is 67.3 cm³/mol. The molecule has 1 aromatic carbocycles. The molecule has 0 aliphatic carbocycles. The van der Waals surface area contributed by atoms with Crippen LogP contribution in [0.1, 0.15) is 11.1 Å². The summed E-state index contributed by atoms with van der Waals surface area (Å²) in [4.78, 5) is 22.7. The minimum Gasteiger partial charge on any atom is -0.272 e. The second kappa shape index (κ2) is 5.73. The van der Waals surface area contributed by atoms with Gasteiger partial charge in [0.25, 0.3) is 11.8 Å². The number of carbonyl (C=O) groups excluding carboxylic acids is 2. The van der Waals surface area contributed by atoms with E-state index in [4.69, 9.17) is 0 Å². The molecule has 0 fully saturated rings. The van der Waals surface area contributed by atoms with Crippen molar-refractivity contribution in [2.24, 2.45) is 16.1 Å². The summed E-state index contributed by atoms with van der Waals surface area (Å²) < 4.78 is 38.1. The molecule has 1 atom stereocenters. The number of halogens is 3. The van der Waals surface area contributed by atoms with Crippen LogP contribution in [0, 0.1) is 5.92 Å². The fourth-order valence-corrected chi connectivity index (χ4v) is 1.60. The second-order valence-electron chi connectivity index (χ2n) is 4.05. The maximum absolute atomic E-state index is 12.7. The first-order chi connectivity index (χ1) is 9.89. The summed E-state index contributed by atoms with van der Waals surface area (Å²) in [5, 5.41) is 6.82. The number of hydrazone groups is 2. The Morgan fingerprint density at radius 1 is 1.38 bits per heavy atom. The van der Waals surface area contributed by atoms with E-state index in [-0.39, 0.29) is 5.56 Å². The van der Waals surface area contributed by atoms with Gasteiger partial charge in [0.2, 0.25) is 0 Å². The van der Waals surface area contributed by atoms with Crippen LogP contribution in [-0.4, -0.2) is 24.2 Å². The van der Waals surface area contributed by atoms with Crippen molar-refractivity contribution >= 4 is 24.2 Å². The number of benzene rings is 1. The molecule has 0 spiro atoms. The first-order valence-electron chi connectivity index (χ1n) is 5.72. The van der Waals surface area contributed by atoms with Crippen molar-refractivity contribution in [1.29, 1.82) is 0 Å². The lowest BCUT2D eigenvalue weighted by Crippen LogP contribution is -2.34. The molecule has 6 nitrogen and oxygen atoms in total. The standard InChI is InChI=1S/C12H9F3N4O2/c13-12(14,15)9-4-2-1-3-7(9)5-16-18-10(20)8-6-17-19-11(8)21/h1-6,8H,(H,18,20)(H,19,21)/b16-5-/t8-/m1/s1. The SMILES string of the molecule is O=C1NN=C[C@@H]1C(=O)N/N=C\c1ccccc1C(F)(F)F. The molecule has 1 aliphatic heterocycles. The maximum atomic E-state index is 12.7. The Morgan fingerprint density at radius 2 is 2.10 bits per heavy atom. The fourth-order valence-electron chi connectivity index (χ4n) is 1.60. The largest absolute Gasteiger partial charge is 0.417 e. The lowest BCUT2D eigenvalue weighted by atomic mass is 10.1. The lowest BCUT2D eigenvalue weighted by molar-refractivity contribution is -0.137. The third-order valence-corrected chi connectivity index (χ3v) is 2.61. The molecule has 1 aromatic rings.